The van der Waals surface area contributed by atoms with Crippen LogP contribution in [0.4, 0.5) is 0 Å². The Labute approximate surface area is 154 Å². The van der Waals surface area contributed by atoms with Crippen LogP contribution in [-0.4, -0.2) is 34.3 Å². The quantitative estimate of drug-likeness (QED) is 0.764. The van der Waals surface area contributed by atoms with Crippen molar-refractivity contribution in [3.05, 3.63) is 53.6 Å². The lowest BCUT2D eigenvalue weighted by atomic mass is 10.1. The molecule has 2 aromatic carbocycles. The summed E-state index contributed by atoms with van der Waals surface area (Å²) in [5.74, 6) is 0.194. The van der Waals surface area contributed by atoms with Crippen molar-refractivity contribution in [1.82, 2.24) is 5.32 Å². The molecule has 0 fully saturated rings. The molecule has 6 nitrogen and oxygen atoms in total. The maximum Gasteiger partial charge on any atom is 0.221 e. The highest BCUT2D eigenvalue weighted by atomic mass is 32.2. The van der Waals surface area contributed by atoms with E-state index in [1.807, 2.05) is 31.2 Å². The molecule has 0 heterocycles. The van der Waals surface area contributed by atoms with Crippen LogP contribution < -0.4 is 14.8 Å². The number of aryl methyl sites for hydroxylation is 1. The van der Waals surface area contributed by atoms with Gasteiger partial charge in [-0.05, 0) is 30.2 Å². The van der Waals surface area contributed by atoms with E-state index in [-0.39, 0.29) is 23.0 Å². The predicted octanol–water partition coefficient (Wildman–Crippen LogP) is 2.49. The Bertz CT molecular complexity index is 877. The summed E-state index contributed by atoms with van der Waals surface area (Å²) >= 11 is 0. The zero-order valence-electron chi connectivity index (χ0n) is 15.1. The van der Waals surface area contributed by atoms with Crippen LogP contribution in [0.2, 0.25) is 0 Å². The third-order valence-corrected chi connectivity index (χ3v) is 5.76. The molecule has 140 valence electrons. The zero-order valence-corrected chi connectivity index (χ0v) is 15.9. The SMILES string of the molecule is COc1ccc(S(=O)(=O)CCC(=O)NCc2ccccc2C)cc1OC. The van der Waals surface area contributed by atoms with Crippen molar-refractivity contribution >= 4 is 15.7 Å². The average molecular weight is 377 g/mol. The predicted molar refractivity (Wildman–Crippen MR) is 99.2 cm³/mol. The van der Waals surface area contributed by atoms with E-state index in [0.717, 1.165) is 11.1 Å². The van der Waals surface area contributed by atoms with E-state index in [1.165, 1.54) is 32.4 Å². The van der Waals surface area contributed by atoms with E-state index in [4.69, 9.17) is 9.47 Å². The second-order valence-electron chi connectivity index (χ2n) is 5.79. The minimum absolute atomic E-state index is 0.0989. The third kappa shape index (κ3) is 4.98. The summed E-state index contributed by atoms with van der Waals surface area (Å²) in [6.07, 6.45) is -0.109. The Hall–Kier alpha value is -2.54. The van der Waals surface area contributed by atoms with Crippen LogP contribution in [0.5, 0.6) is 11.5 Å². The van der Waals surface area contributed by atoms with Crippen LogP contribution in [0.25, 0.3) is 0 Å². The van der Waals surface area contributed by atoms with Crippen LogP contribution in [0.15, 0.2) is 47.4 Å². The molecule has 0 bridgehead atoms. The molecule has 2 aromatic rings. The van der Waals surface area contributed by atoms with E-state index in [1.54, 1.807) is 0 Å². The van der Waals surface area contributed by atoms with Crippen LogP contribution in [0, 0.1) is 6.92 Å². The van der Waals surface area contributed by atoms with E-state index in [0.29, 0.717) is 18.0 Å². The molecule has 0 saturated carbocycles. The number of hydrogen-bond donors (Lipinski definition) is 1. The van der Waals surface area contributed by atoms with Crippen molar-refractivity contribution < 1.29 is 22.7 Å². The van der Waals surface area contributed by atoms with Crippen LogP contribution in [0.3, 0.4) is 0 Å². The van der Waals surface area contributed by atoms with E-state index >= 15 is 0 Å². The number of benzene rings is 2. The molecule has 0 aromatic heterocycles. The van der Waals surface area contributed by atoms with Gasteiger partial charge in [0, 0.05) is 19.0 Å². The van der Waals surface area contributed by atoms with Crippen LogP contribution in [0.1, 0.15) is 17.5 Å². The van der Waals surface area contributed by atoms with Gasteiger partial charge in [-0.1, -0.05) is 24.3 Å². The number of carbonyl (C=O) groups excluding carboxylic acids is 1. The van der Waals surface area contributed by atoms with Gasteiger partial charge in [0.2, 0.25) is 5.91 Å². The molecular formula is C19H23NO5S. The molecule has 7 heteroatoms. The number of carbonyl (C=O) groups is 1. The Morgan fingerprint density at radius 3 is 2.38 bits per heavy atom. The van der Waals surface area contributed by atoms with Gasteiger partial charge < -0.3 is 14.8 Å². The molecule has 0 aliphatic rings. The summed E-state index contributed by atoms with van der Waals surface area (Å²) in [5, 5.41) is 2.76. The van der Waals surface area contributed by atoms with Crippen LogP contribution >= 0.6 is 0 Å². The molecular weight excluding hydrogens is 354 g/mol. The second-order valence-corrected chi connectivity index (χ2v) is 7.90. The normalized spacial score (nSPS) is 11.0. The molecule has 0 aliphatic carbocycles. The van der Waals surface area contributed by atoms with Crippen molar-refractivity contribution in [2.45, 2.75) is 24.8 Å². The summed E-state index contributed by atoms with van der Waals surface area (Å²) in [7, 11) is -0.686. The van der Waals surface area contributed by atoms with Gasteiger partial charge in [-0.25, -0.2) is 8.42 Å². The molecule has 0 spiro atoms. The van der Waals surface area contributed by atoms with Gasteiger partial charge >= 0.3 is 0 Å². The molecule has 0 atom stereocenters. The molecule has 0 radical (unpaired) electrons. The first-order chi connectivity index (χ1) is 12.4. The van der Waals surface area contributed by atoms with Crippen molar-refractivity contribution in [2.24, 2.45) is 0 Å². The number of sulfone groups is 1. The first kappa shape index (κ1) is 19.8. The number of nitrogens with one attached hydrogen (secondary N) is 1. The number of methoxy groups -OCH3 is 2. The van der Waals surface area contributed by atoms with Gasteiger partial charge in [0.1, 0.15) is 0 Å². The highest BCUT2D eigenvalue weighted by molar-refractivity contribution is 7.91. The summed E-state index contributed by atoms with van der Waals surface area (Å²) in [5.41, 5.74) is 2.08. The van der Waals surface area contributed by atoms with E-state index < -0.39 is 9.84 Å². The topological polar surface area (TPSA) is 81.7 Å². The average Bonchev–Trinajstić information content (AvgIpc) is 2.65. The smallest absolute Gasteiger partial charge is 0.221 e. The molecule has 26 heavy (non-hydrogen) atoms. The minimum atomic E-state index is -3.60. The largest absolute Gasteiger partial charge is 0.493 e. The maximum absolute atomic E-state index is 12.5. The number of ether oxygens (including phenoxy) is 2. The fourth-order valence-electron chi connectivity index (χ4n) is 2.45. The molecule has 1 amide bonds. The summed E-state index contributed by atoms with van der Waals surface area (Å²) in [6.45, 7) is 2.34. The van der Waals surface area contributed by atoms with Gasteiger partial charge in [0.05, 0.1) is 24.9 Å². The van der Waals surface area contributed by atoms with Gasteiger partial charge in [-0.3, -0.25) is 4.79 Å². The zero-order chi connectivity index (χ0) is 19.2. The minimum Gasteiger partial charge on any atom is -0.493 e. The van der Waals surface area contributed by atoms with Crippen molar-refractivity contribution in [3.63, 3.8) is 0 Å². The van der Waals surface area contributed by atoms with Crippen molar-refractivity contribution in [3.8, 4) is 11.5 Å². The maximum atomic E-state index is 12.5. The lowest BCUT2D eigenvalue weighted by molar-refractivity contribution is -0.120. The second kappa shape index (κ2) is 8.71. The first-order valence-corrected chi connectivity index (χ1v) is 9.78. The fraction of sp³-hybridized carbons (Fsp3) is 0.316. The lowest BCUT2D eigenvalue weighted by Crippen LogP contribution is -2.25. The monoisotopic (exact) mass is 377 g/mol. The Morgan fingerprint density at radius 2 is 1.73 bits per heavy atom. The number of amides is 1. The lowest BCUT2D eigenvalue weighted by Gasteiger charge is -2.11. The van der Waals surface area contributed by atoms with Crippen LogP contribution in [-0.2, 0) is 21.2 Å². The summed E-state index contributed by atoms with van der Waals surface area (Å²) in [6, 6.07) is 12.1. The third-order valence-electron chi connectivity index (χ3n) is 4.05. The molecule has 0 unspecified atom stereocenters. The van der Waals surface area contributed by atoms with Gasteiger partial charge in [0.15, 0.2) is 21.3 Å². The number of rotatable bonds is 8. The molecule has 0 saturated heterocycles. The number of hydrogen-bond acceptors (Lipinski definition) is 5. The molecule has 1 N–H and O–H groups in total. The van der Waals surface area contributed by atoms with Crippen molar-refractivity contribution in [2.75, 3.05) is 20.0 Å². The first-order valence-electron chi connectivity index (χ1n) is 8.13. The Kier molecular flexibility index (Phi) is 6.63. The van der Waals surface area contributed by atoms with Gasteiger partial charge in [-0.2, -0.15) is 0 Å². The van der Waals surface area contributed by atoms with Gasteiger partial charge in [0.25, 0.3) is 0 Å². The highest BCUT2D eigenvalue weighted by Gasteiger charge is 2.19. The van der Waals surface area contributed by atoms with Gasteiger partial charge in [-0.15, -0.1) is 0 Å². The Morgan fingerprint density at radius 1 is 1.04 bits per heavy atom. The standard InChI is InChI=1S/C19H23NO5S/c1-14-6-4-5-7-15(14)13-20-19(21)10-11-26(22,23)16-8-9-17(24-2)18(12-16)25-3/h4-9,12H,10-11,13H2,1-3H3,(H,20,21). The summed E-state index contributed by atoms with van der Waals surface area (Å²) in [4.78, 5) is 12.1. The van der Waals surface area contributed by atoms with Crippen molar-refractivity contribution in [1.29, 1.82) is 0 Å². The molecule has 2 rings (SSSR count). The highest BCUT2D eigenvalue weighted by Crippen LogP contribution is 2.29. The Balaban J connectivity index is 1.97. The summed E-state index contributed by atoms with van der Waals surface area (Å²) < 4.78 is 35.1. The fourth-order valence-corrected chi connectivity index (χ4v) is 3.70. The van der Waals surface area contributed by atoms with E-state index in [9.17, 15) is 13.2 Å². The van der Waals surface area contributed by atoms with E-state index in [2.05, 4.69) is 5.32 Å². The molecule has 0 aliphatic heterocycles.